The van der Waals surface area contributed by atoms with Crippen molar-refractivity contribution >= 4 is 5.69 Å². The van der Waals surface area contributed by atoms with Gasteiger partial charge in [0.2, 0.25) is 11.6 Å². The van der Waals surface area contributed by atoms with E-state index < -0.39 is 63.6 Å². The molecule has 0 aliphatic rings. The molecule has 2 aromatic rings. The fourth-order valence-electron chi connectivity index (χ4n) is 2.46. The molecule has 184 valence electrons. The molecular weight excluding hydrogens is 496 g/mol. The normalized spacial score (nSPS) is 14.0. The van der Waals surface area contributed by atoms with Crippen LogP contribution in [0.1, 0.15) is 22.8 Å². The van der Waals surface area contributed by atoms with E-state index in [4.69, 9.17) is 0 Å². The zero-order chi connectivity index (χ0) is 25.8. The van der Waals surface area contributed by atoms with Crippen LogP contribution in [0, 0.1) is 17.0 Å². The molecule has 0 saturated heterocycles. The maximum absolute atomic E-state index is 13.8. The SMILES string of the molecule is Cc1cc(Cn2nc(C(F)(F)C(F)(F)C(F)(F)F)nc2C(F)(F)C(F)(F)F)ccc1[N+](=O)[O-]. The van der Waals surface area contributed by atoms with E-state index in [-0.39, 0.29) is 11.1 Å². The van der Waals surface area contributed by atoms with Crippen LogP contribution in [0.25, 0.3) is 0 Å². The number of nitro benzene ring substituents is 1. The van der Waals surface area contributed by atoms with E-state index in [0.717, 1.165) is 25.1 Å². The van der Waals surface area contributed by atoms with Gasteiger partial charge >= 0.3 is 30.1 Å². The van der Waals surface area contributed by atoms with Gasteiger partial charge in [0, 0.05) is 11.6 Å². The summed E-state index contributed by atoms with van der Waals surface area (Å²) >= 11 is 0. The lowest BCUT2D eigenvalue weighted by Gasteiger charge is -2.25. The quantitative estimate of drug-likeness (QED) is 0.297. The summed E-state index contributed by atoms with van der Waals surface area (Å²) in [5, 5.41) is 13.2. The Morgan fingerprint density at radius 1 is 0.909 bits per heavy atom. The van der Waals surface area contributed by atoms with Crippen molar-refractivity contribution in [1.82, 2.24) is 14.8 Å². The zero-order valence-corrected chi connectivity index (χ0v) is 15.6. The third-order valence-electron chi connectivity index (χ3n) is 4.13. The van der Waals surface area contributed by atoms with Gasteiger partial charge in [-0.1, -0.05) is 6.07 Å². The van der Waals surface area contributed by atoms with Crippen LogP contribution in [-0.2, 0) is 18.4 Å². The number of halogens is 12. The Balaban J connectivity index is 2.69. The van der Waals surface area contributed by atoms with Crippen LogP contribution in [0.15, 0.2) is 18.2 Å². The number of benzene rings is 1. The largest absolute Gasteiger partial charge is 0.461 e. The second kappa shape index (κ2) is 7.75. The lowest BCUT2D eigenvalue weighted by atomic mass is 10.1. The van der Waals surface area contributed by atoms with Gasteiger partial charge in [-0.15, -0.1) is 5.10 Å². The molecule has 0 atom stereocenters. The van der Waals surface area contributed by atoms with Gasteiger partial charge in [-0.2, -0.15) is 52.7 Å². The Labute approximate surface area is 174 Å². The Hall–Kier alpha value is -3.08. The van der Waals surface area contributed by atoms with Crippen molar-refractivity contribution in [1.29, 1.82) is 0 Å². The molecule has 2 rings (SSSR count). The van der Waals surface area contributed by atoms with Crippen molar-refractivity contribution in [2.24, 2.45) is 0 Å². The highest BCUT2D eigenvalue weighted by Gasteiger charge is 2.76. The molecule has 0 radical (unpaired) electrons. The molecule has 0 saturated carbocycles. The van der Waals surface area contributed by atoms with E-state index in [1.807, 2.05) is 4.98 Å². The Morgan fingerprint density at radius 3 is 1.88 bits per heavy atom. The van der Waals surface area contributed by atoms with Gasteiger partial charge in [0.25, 0.3) is 5.69 Å². The number of nitro groups is 1. The smallest absolute Gasteiger partial charge is 0.258 e. The highest BCUT2D eigenvalue weighted by molar-refractivity contribution is 5.41. The Morgan fingerprint density at radius 2 is 1.45 bits per heavy atom. The predicted molar refractivity (Wildman–Crippen MR) is 81.8 cm³/mol. The molecule has 18 heteroatoms. The van der Waals surface area contributed by atoms with Crippen molar-refractivity contribution in [3.8, 4) is 0 Å². The first-order valence-corrected chi connectivity index (χ1v) is 8.11. The van der Waals surface area contributed by atoms with Crippen LogP contribution in [0.5, 0.6) is 0 Å². The standard InChI is InChI=1S/C15H8F12N4O2/c1-6-4-7(2-3-8(6)31(32)33)5-30-10(12(18,19)14(22,23)24)28-9(29-30)11(16,17)13(20,21)15(25,26)27/h2-4H,5H2,1H3. The average molecular weight is 504 g/mol. The van der Waals surface area contributed by atoms with Crippen LogP contribution in [-0.4, -0.2) is 38.0 Å². The number of hydrogen-bond donors (Lipinski definition) is 0. The van der Waals surface area contributed by atoms with Crippen molar-refractivity contribution in [2.45, 2.75) is 43.6 Å². The summed E-state index contributed by atoms with van der Waals surface area (Å²) in [4.78, 5) is 11.9. The lowest BCUT2D eigenvalue weighted by Crippen LogP contribution is -2.50. The topological polar surface area (TPSA) is 73.8 Å². The van der Waals surface area contributed by atoms with Crippen LogP contribution in [0.3, 0.4) is 0 Å². The highest BCUT2D eigenvalue weighted by atomic mass is 19.4. The average Bonchev–Trinajstić information content (AvgIpc) is 3.04. The predicted octanol–water partition coefficient (Wildman–Crippen LogP) is 5.49. The minimum atomic E-state index is -6.94. The Kier molecular flexibility index (Phi) is 6.15. The van der Waals surface area contributed by atoms with Gasteiger partial charge in [0.15, 0.2) is 0 Å². The maximum atomic E-state index is 13.8. The number of rotatable bonds is 6. The lowest BCUT2D eigenvalue weighted by molar-refractivity contribution is -0.385. The molecule has 0 aliphatic carbocycles. The van der Waals surface area contributed by atoms with Crippen molar-refractivity contribution < 1.29 is 57.6 Å². The summed E-state index contributed by atoms with van der Waals surface area (Å²) in [7, 11) is 0. The molecule has 0 spiro atoms. The van der Waals surface area contributed by atoms with Crippen LogP contribution in [0.2, 0.25) is 0 Å². The molecule has 0 bridgehead atoms. The van der Waals surface area contributed by atoms with Gasteiger partial charge in [-0.25, -0.2) is 9.67 Å². The fraction of sp³-hybridized carbons (Fsp3) is 0.467. The van der Waals surface area contributed by atoms with Crippen LogP contribution in [0.4, 0.5) is 58.4 Å². The van der Waals surface area contributed by atoms with E-state index in [0.29, 0.717) is 0 Å². The first kappa shape index (κ1) is 26.2. The van der Waals surface area contributed by atoms with Gasteiger partial charge in [0.1, 0.15) is 0 Å². The van der Waals surface area contributed by atoms with E-state index in [1.165, 1.54) is 0 Å². The number of aryl methyl sites for hydroxylation is 1. The van der Waals surface area contributed by atoms with Gasteiger partial charge < -0.3 is 0 Å². The summed E-state index contributed by atoms with van der Waals surface area (Å²) in [5.74, 6) is -25.1. The van der Waals surface area contributed by atoms with E-state index >= 15 is 0 Å². The molecule has 1 heterocycles. The first-order chi connectivity index (χ1) is 14.6. The third-order valence-corrected chi connectivity index (χ3v) is 4.13. The van der Waals surface area contributed by atoms with Gasteiger partial charge in [-0.05, 0) is 18.6 Å². The first-order valence-electron chi connectivity index (χ1n) is 8.11. The van der Waals surface area contributed by atoms with Crippen LogP contribution < -0.4 is 0 Å². The summed E-state index contributed by atoms with van der Waals surface area (Å²) in [6.45, 7) is -0.210. The summed E-state index contributed by atoms with van der Waals surface area (Å²) < 4.78 is 156. The minimum absolute atomic E-state index is 0.170. The molecule has 33 heavy (non-hydrogen) atoms. The van der Waals surface area contributed by atoms with Crippen molar-refractivity contribution in [3.05, 3.63) is 51.1 Å². The fourth-order valence-corrected chi connectivity index (χ4v) is 2.46. The zero-order valence-electron chi connectivity index (χ0n) is 15.6. The van der Waals surface area contributed by atoms with E-state index in [9.17, 15) is 62.8 Å². The van der Waals surface area contributed by atoms with Gasteiger partial charge in [-0.3, -0.25) is 10.1 Å². The Bertz CT molecular complexity index is 1060. The number of hydrogen-bond acceptors (Lipinski definition) is 4. The molecule has 1 aromatic heterocycles. The molecule has 0 aliphatic heterocycles. The van der Waals surface area contributed by atoms with E-state index in [1.54, 1.807) is 0 Å². The van der Waals surface area contributed by atoms with Crippen molar-refractivity contribution in [3.63, 3.8) is 0 Å². The number of alkyl halides is 12. The molecule has 0 N–H and O–H groups in total. The maximum Gasteiger partial charge on any atom is 0.461 e. The highest BCUT2D eigenvalue weighted by Crippen LogP contribution is 2.52. The second-order valence-electron chi connectivity index (χ2n) is 6.51. The number of nitrogens with zero attached hydrogens (tertiary/aromatic N) is 4. The summed E-state index contributed by atoms with van der Waals surface area (Å²) in [6, 6.07) is 2.39. The molecule has 0 fully saturated rings. The summed E-state index contributed by atoms with van der Waals surface area (Å²) in [6.07, 6.45) is -13.5. The second-order valence-corrected chi connectivity index (χ2v) is 6.51. The summed E-state index contributed by atoms with van der Waals surface area (Å²) in [5.41, 5.74) is -1.08. The molecule has 0 amide bonds. The number of aromatic nitrogens is 3. The third kappa shape index (κ3) is 4.41. The molecular formula is C15H8F12N4O2. The minimum Gasteiger partial charge on any atom is -0.258 e. The molecule has 1 aromatic carbocycles. The van der Waals surface area contributed by atoms with Crippen LogP contribution >= 0.6 is 0 Å². The monoisotopic (exact) mass is 504 g/mol. The van der Waals surface area contributed by atoms with Crippen molar-refractivity contribution in [2.75, 3.05) is 0 Å². The van der Waals surface area contributed by atoms with E-state index in [2.05, 4.69) is 5.10 Å². The molecule has 0 unspecified atom stereocenters. The molecule has 6 nitrogen and oxygen atoms in total. The van der Waals surface area contributed by atoms with Gasteiger partial charge in [0.05, 0.1) is 11.5 Å².